The van der Waals surface area contributed by atoms with Crippen LogP contribution >= 0.6 is 0 Å². The molecule has 0 spiro atoms. The predicted octanol–water partition coefficient (Wildman–Crippen LogP) is 3.42. The number of nitrogens with zero attached hydrogens (tertiary/aromatic N) is 1. The zero-order chi connectivity index (χ0) is 9.54. The zero-order valence-corrected chi connectivity index (χ0v) is 8.59. The molecule has 1 aromatic rings. The Morgan fingerprint density at radius 2 is 2.07 bits per heavy atom. The summed E-state index contributed by atoms with van der Waals surface area (Å²) in [5, 5.41) is 0. The summed E-state index contributed by atoms with van der Waals surface area (Å²) in [6.45, 7) is 2.15. The molecule has 1 heterocycles. The van der Waals surface area contributed by atoms with Gasteiger partial charge in [-0.15, -0.1) is 0 Å². The van der Waals surface area contributed by atoms with E-state index < -0.39 is 0 Å². The van der Waals surface area contributed by atoms with Gasteiger partial charge in [-0.05, 0) is 50.2 Å². The number of hydrogen-bond donors (Lipinski definition) is 0. The smallest absolute Gasteiger partial charge is 0.0661 e. The summed E-state index contributed by atoms with van der Waals surface area (Å²) in [5.74, 6) is 0.837. The van der Waals surface area contributed by atoms with Crippen LogP contribution in [0.3, 0.4) is 0 Å². The Hall–Kier alpha value is -1.11. The fourth-order valence-corrected chi connectivity index (χ4v) is 2.21. The molecular weight excluding hydrogens is 170 g/mol. The van der Waals surface area contributed by atoms with Crippen molar-refractivity contribution in [3.8, 4) is 0 Å². The molecule has 0 N–H and O–H groups in total. The van der Waals surface area contributed by atoms with Crippen molar-refractivity contribution in [2.75, 3.05) is 0 Å². The maximum atomic E-state index is 4.77. The molecule has 0 radical (unpaired) electrons. The van der Waals surface area contributed by atoms with E-state index >= 15 is 0 Å². The van der Waals surface area contributed by atoms with E-state index in [9.17, 15) is 0 Å². The molecular formula is C13H15N. The molecule has 2 aliphatic rings. The molecule has 1 nitrogen and oxygen atoms in total. The average molecular weight is 185 g/mol. The molecule has 3 rings (SSSR count). The summed E-state index contributed by atoms with van der Waals surface area (Å²) in [4.78, 5) is 4.77. The lowest BCUT2D eigenvalue weighted by molar-refractivity contribution is 0.951. The molecule has 0 amide bonds. The highest BCUT2D eigenvalue weighted by atomic mass is 14.8. The first kappa shape index (κ1) is 8.22. The molecule has 0 aromatic heterocycles. The van der Waals surface area contributed by atoms with Crippen LogP contribution in [0.5, 0.6) is 0 Å². The molecule has 1 heteroatoms. The molecule has 1 aromatic carbocycles. The van der Waals surface area contributed by atoms with E-state index in [-0.39, 0.29) is 0 Å². The van der Waals surface area contributed by atoms with E-state index in [2.05, 4.69) is 25.1 Å². The zero-order valence-electron chi connectivity index (χ0n) is 8.59. The Kier molecular flexibility index (Phi) is 1.73. The van der Waals surface area contributed by atoms with Crippen LogP contribution in [0.4, 0.5) is 5.69 Å². The third-order valence-corrected chi connectivity index (χ3v) is 3.20. The number of fused-ring (bicyclic) bond motifs is 1. The van der Waals surface area contributed by atoms with Crippen LogP contribution in [0.2, 0.25) is 0 Å². The first-order valence-corrected chi connectivity index (χ1v) is 5.50. The quantitative estimate of drug-likeness (QED) is 0.635. The van der Waals surface area contributed by atoms with Gasteiger partial charge < -0.3 is 0 Å². The second-order valence-corrected chi connectivity index (χ2v) is 4.51. The third kappa shape index (κ3) is 1.37. The summed E-state index contributed by atoms with van der Waals surface area (Å²) < 4.78 is 0. The maximum Gasteiger partial charge on any atom is 0.0661 e. The SMILES string of the molecule is Cc1ccc2c(c1)CCC(C1CC1)=N2. The van der Waals surface area contributed by atoms with E-state index in [4.69, 9.17) is 4.99 Å². The first-order chi connectivity index (χ1) is 6.83. The monoisotopic (exact) mass is 185 g/mol. The second kappa shape index (κ2) is 2.94. The van der Waals surface area contributed by atoms with Crippen LogP contribution in [0.1, 0.15) is 30.4 Å². The Bertz CT molecular complexity index is 400. The van der Waals surface area contributed by atoms with Crippen LogP contribution in [-0.4, -0.2) is 5.71 Å². The Labute approximate surface area is 84.9 Å². The molecule has 1 aliphatic carbocycles. The number of aliphatic imine (C=N–C) groups is 1. The minimum atomic E-state index is 0.837. The Balaban J connectivity index is 2.01. The molecule has 72 valence electrons. The molecule has 1 saturated carbocycles. The molecule has 0 bridgehead atoms. The fourth-order valence-electron chi connectivity index (χ4n) is 2.21. The lowest BCUT2D eigenvalue weighted by Crippen LogP contribution is -2.07. The van der Waals surface area contributed by atoms with Crippen LogP contribution in [0, 0.1) is 12.8 Å². The molecule has 1 aliphatic heterocycles. The summed E-state index contributed by atoms with van der Waals surface area (Å²) in [6, 6.07) is 6.62. The largest absolute Gasteiger partial charge is 0.257 e. The van der Waals surface area contributed by atoms with Gasteiger partial charge >= 0.3 is 0 Å². The van der Waals surface area contributed by atoms with Gasteiger partial charge in [-0.3, -0.25) is 4.99 Å². The highest BCUT2D eigenvalue weighted by molar-refractivity contribution is 5.92. The Morgan fingerprint density at radius 3 is 2.86 bits per heavy atom. The van der Waals surface area contributed by atoms with Gasteiger partial charge in [0.25, 0.3) is 0 Å². The van der Waals surface area contributed by atoms with Crippen LogP contribution in [-0.2, 0) is 6.42 Å². The van der Waals surface area contributed by atoms with Gasteiger partial charge in [0.1, 0.15) is 0 Å². The summed E-state index contributed by atoms with van der Waals surface area (Å²) in [7, 11) is 0. The van der Waals surface area contributed by atoms with Gasteiger partial charge in [-0.2, -0.15) is 0 Å². The average Bonchev–Trinajstić information content (AvgIpc) is 3.00. The van der Waals surface area contributed by atoms with Crippen LogP contribution in [0.25, 0.3) is 0 Å². The van der Waals surface area contributed by atoms with Gasteiger partial charge in [-0.1, -0.05) is 17.7 Å². The normalized spacial score (nSPS) is 20.2. The number of aryl methyl sites for hydroxylation is 2. The summed E-state index contributed by atoms with van der Waals surface area (Å²) in [6.07, 6.45) is 5.15. The first-order valence-electron chi connectivity index (χ1n) is 5.50. The van der Waals surface area contributed by atoms with Gasteiger partial charge in [0.05, 0.1) is 5.69 Å². The van der Waals surface area contributed by atoms with E-state index in [0.717, 1.165) is 5.92 Å². The van der Waals surface area contributed by atoms with Gasteiger partial charge in [0.2, 0.25) is 0 Å². The molecule has 14 heavy (non-hydrogen) atoms. The van der Waals surface area contributed by atoms with Crippen molar-refractivity contribution in [2.45, 2.75) is 32.6 Å². The van der Waals surface area contributed by atoms with Crippen molar-refractivity contribution in [1.29, 1.82) is 0 Å². The van der Waals surface area contributed by atoms with Crippen LogP contribution in [0.15, 0.2) is 23.2 Å². The number of benzene rings is 1. The number of hydrogen-bond acceptors (Lipinski definition) is 1. The molecule has 0 unspecified atom stereocenters. The van der Waals surface area contributed by atoms with Crippen molar-refractivity contribution in [1.82, 2.24) is 0 Å². The van der Waals surface area contributed by atoms with Crippen molar-refractivity contribution < 1.29 is 0 Å². The van der Waals surface area contributed by atoms with Crippen molar-refractivity contribution in [2.24, 2.45) is 10.9 Å². The third-order valence-electron chi connectivity index (χ3n) is 3.20. The van der Waals surface area contributed by atoms with Gasteiger partial charge in [-0.25, -0.2) is 0 Å². The van der Waals surface area contributed by atoms with Crippen LogP contribution < -0.4 is 0 Å². The molecule has 0 atom stereocenters. The lowest BCUT2D eigenvalue weighted by atomic mass is 9.98. The minimum Gasteiger partial charge on any atom is -0.257 e. The predicted molar refractivity (Wildman–Crippen MR) is 59.3 cm³/mol. The molecule has 1 fully saturated rings. The topological polar surface area (TPSA) is 12.4 Å². The van der Waals surface area contributed by atoms with E-state index in [1.54, 1.807) is 0 Å². The maximum absolute atomic E-state index is 4.77. The molecule has 0 saturated heterocycles. The van der Waals surface area contributed by atoms with Crippen molar-refractivity contribution in [3.05, 3.63) is 29.3 Å². The van der Waals surface area contributed by atoms with Crippen molar-refractivity contribution in [3.63, 3.8) is 0 Å². The van der Waals surface area contributed by atoms with E-state index in [1.165, 1.54) is 48.2 Å². The standard InChI is InChI=1S/C13H15N/c1-9-2-6-13-11(8-9)5-7-12(14-13)10-3-4-10/h2,6,8,10H,3-5,7H2,1H3. The summed E-state index contributed by atoms with van der Waals surface area (Å²) >= 11 is 0. The van der Waals surface area contributed by atoms with Gasteiger partial charge in [0.15, 0.2) is 0 Å². The van der Waals surface area contributed by atoms with E-state index in [0.29, 0.717) is 0 Å². The Morgan fingerprint density at radius 1 is 1.21 bits per heavy atom. The highest BCUT2D eigenvalue weighted by Gasteiger charge is 2.28. The summed E-state index contributed by atoms with van der Waals surface area (Å²) in [5.41, 5.74) is 5.48. The fraction of sp³-hybridized carbons (Fsp3) is 0.462. The lowest BCUT2D eigenvalue weighted by Gasteiger charge is -2.15. The minimum absolute atomic E-state index is 0.837. The highest BCUT2D eigenvalue weighted by Crippen LogP contribution is 2.37. The second-order valence-electron chi connectivity index (χ2n) is 4.51. The van der Waals surface area contributed by atoms with Gasteiger partial charge in [0, 0.05) is 5.71 Å². The van der Waals surface area contributed by atoms with Crippen molar-refractivity contribution >= 4 is 11.4 Å². The van der Waals surface area contributed by atoms with E-state index in [1.807, 2.05) is 0 Å². The number of rotatable bonds is 1.